The highest BCUT2D eigenvalue weighted by Gasteiger charge is 2.22. The number of rotatable bonds is 0. The SMILES string of the molecule is CC(=O)N=C1CCCC1C#N. The van der Waals surface area contributed by atoms with Crippen LogP contribution in [0.4, 0.5) is 0 Å². The van der Waals surface area contributed by atoms with Crippen LogP contribution < -0.4 is 0 Å². The van der Waals surface area contributed by atoms with Crippen molar-refractivity contribution < 1.29 is 4.79 Å². The van der Waals surface area contributed by atoms with Gasteiger partial charge < -0.3 is 0 Å². The molecule has 0 N–H and O–H groups in total. The van der Waals surface area contributed by atoms with E-state index in [2.05, 4.69) is 11.1 Å². The lowest BCUT2D eigenvalue weighted by atomic mass is 10.1. The zero-order valence-corrected chi connectivity index (χ0v) is 6.50. The molecule has 3 heteroatoms. The summed E-state index contributed by atoms with van der Waals surface area (Å²) in [5.41, 5.74) is 0.778. The minimum Gasteiger partial charge on any atom is -0.273 e. The Morgan fingerprint density at radius 1 is 1.82 bits per heavy atom. The fourth-order valence-electron chi connectivity index (χ4n) is 1.30. The maximum absolute atomic E-state index is 10.6. The van der Waals surface area contributed by atoms with Gasteiger partial charge in [-0.25, -0.2) is 4.99 Å². The Bertz CT molecular complexity index is 237. The highest BCUT2D eigenvalue weighted by atomic mass is 16.1. The summed E-state index contributed by atoms with van der Waals surface area (Å²) < 4.78 is 0. The van der Waals surface area contributed by atoms with E-state index in [0.29, 0.717) is 0 Å². The highest BCUT2D eigenvalue weighted by Crippen LogP contribution is 2.21. The largest absolute Gasteiger partial charge is 0.273 e. The molecule has 1 unspecified atom stereocenters. The maximum atomic E-state index is 10.6. The number of hydrogen-bond acceptors (Lipinski definition) is 2. The van der Waals surface area contributed by atoms with E-state index in [0.717, 1.165) is 25.0 Å². The van der Waals surface area contributed by atoms with Crippen molar-refractivity contribution >= 4 is 11.6 Å². The van der Waals surface area contributed by atoms with Crippen LogP contribution in [-0.2, 0) is 4.79 Å². The highest BCUT2D eigenvalue weighted by molar-refractivity contribution is 5.98. The molecule has 1 amide bonds. The van der Waals surface area contributed by atoms with Gasteiger partial charge in [-0.2, -0.15) is 5.26 Å². The first-order chi connectivity index (χ1) is 5.24. The first kappa shape index (κ1) is 7.93. The lowest BCUT2D eigenvalue weighted by Crippen LogP contribution is -2.05. The molecule has 1 saturated carbocycles. The third kappa shape index (κ3) is 1.87. The van der Waals surface area contributed by atoms with Gasteiger partial charge in [0.1, 0.15) is 0 Å². The summed E-state index contributed by atoms with van der Waals surface area (Å²) in [6.45, 7) is 1.42. The second kappa shape index (κ2) is 3.29. The van der Waals surface area contributed by atoms with E-state index in [1.54, 1.807) is 0 Å². The van der Waals surface area contributed by atoms with E-state index >= 15 is 0 Å². The number of carbonyl (C=O) groups is 1. The van der Waals surface area contributed by atoms with Gasteiger partial charge in [-0.15, -0.1) is 0 Å². The van der Waals surface area contributed by atoms with Gasteiger partial charge in [0.25, 0.3) is 0 Å². The van der Waals surface area contributed by atoms with Gasteiger partial charge in [0, 0.05) is 12.6 Å². The summed E-state index contributed by atoms with van der Waals surface area (Å²) in [5.74, 6) is -0.291. The third-order valence-electron chi connectivity index (χ3n) is 1.78. The molecular weight excluding hydrogens is 140 g/mol. The topological polar surface area (TPSA) is 53.2 Å². The van der Waals surface area contributed by atoms with Crippen molar-refractivity contribution in [1.82, 2.24) is 0 Å². The molecule has 1 aliphatic carbocycles. The minimum absolute atomic E-state index is 0.0982. The van der Waals surface area contributed by atoms with E-state index in [9.17, 15) is 4.79 Å². The lowest BCUT2D eigenvalue weighted by molar-refractivity contribution is -0.115. The predicted octanol–water partition coefficient (Wildman–Crippen LogP) is 1.30. The van der Waals surface area contributed by atoms with Gasteiger partial charge in [-0.1, -0.05) is 0 Å². The first-order valence-electron chi connectivity index (χ1n) is 3.71. The molecule has 1 rings (SSSR count). The van der Waals surface area contributed by atoms with E-state index < -0.39 is 0 Å². The molecule has 0 aromatic heterocycles. The quantitative estimate of drug-likeness (QED) is 0.522. The molecule has 0 bridgehead atoms. The Morgan fingerprint density at radius 3 is 3.09 bits per heavy atom. The Morgan fingerprint density at radius 2 is 2.55 bits per heavy atom. The molecule has 0 aliphatic heterocycles. The summed E-state index contributed by atoms with van der Waals surface area (Å²) in [6, 6.07) is 2.14. The van der Waals surface area contributed by atoms with Crippen molar-refractivity contribution in [1.29, 1.82) is 5.26 Å². The van der Waals surface area contributed by atoms with Crippen molar-refractivity contribution in [2.75, 3.05) is 0 Å². The van der Waals surface area contributed by atoms with Crippen LogP contribution in [0.15, 0.2) is 4.99 Å². The molecule has 1 atom stereocenters. The molecule has 0 heterocycles. The second-order valence-electron chi connectivity index (χ2n) is 2.70. The predicted molar refractivity (Wildman–Crippen MR) is 41.1 cm³/mol. The number of amides is 1. The number of nitriles is 1. The average molecular weight is 150 g/mol. The minimum atomic E-state index is -0.192. The monoisotopic (exact) mass is 150 g/mol. The Balaban J connectivity index is 2.72. The number of carbonyl (C=O) groups excluding carboxylic acids is 1. The third-order valence-corrected chi connectivity index (χ3v) is 1.78. The van der Waals surface area contributed by atoms with Crippen molar-refractivity contribution in [3.63, 3.8) is 0 Å². The van der Waals surface area contributed by atoms with E-state index in [1.807, 2.05) is 0 Å². The fraction of sp³-hybridized carbons (Fsp3) is 0.625. The van der Waals surface area contributed by atoms with Gasteiger partial charge in [0.2, 0.25) is 5.91 Å². The summed E-state index contributed by atoms with van der Waals surface area (Å²) in [5, 5.41) is 8.61. The summed E-state index contributed by atoms with van der Waals surface area (Å²) >= 11 is 0. The molecule has 0 spiro atoms. The lowest BCUT2D eigenvalue weighted by Gasteiger charge is -1.96. The zero-order valence-electron chi connectivity index (χ0n) is 6.50. The van der Waals surface area contributed by atoms with Crippen LogP contribution >= 0.6 is 0 Å². The van der Waals surface area contributed by atoms with E-state index in [-0.39, 0.29) is 11.8 Å². The van der Waals surface area contributed by atoms with Gasteiger partial charge in [-0.05, 0) is 19.3 Å². The van der Waals surface area contributed by atoms with Crippen LogP contribution in [0.1, 0.15) is 26.2 Å². The van der Waals surface area contributed by atoms with Crippen molar-refractivity contribution in [2.24, 2.45) is 10.9 Å². The van der Waals surface area contributed by atoms with E-state index in [1.165, 1.54) is 6.92 Å². The second-order valence-corrected chi connectivity index (χ2v) is 2.70. The van der Waals surface area contributed by atoms with Crippen LogP contribution in [0.2, 0.25) is 0 Å². The molecule has 58 valence electrons. The molecule has 1 aliphatic rings. The summed E-state index contributed by atoms with van der Waals surface area (Å²) in [4.78, 5) is 14.3. The fourth-order valence-corrected chi connectivity index (χ4v) is 1.30. The first-order valence-corrected chi connectivity index (χ1v) is 3.71. The standard InChI is InChI=1S/C8H10N2O/c1-6(11)10-8-4-2-3-7(8)5-9/h7H,2-4H2,1H3. The Hall–Kier alpha value is -1.17. The molecular formula is C8H10N2O. The Labute approximate surface area is 65.7 Å². The van der Waals surface area contributed by atoms with Crippen LogP contribution in [0.25, 0.3) is 0 Å². The summed E-state index contributed by atoms with van der Waals surface area (Å²) in [6.07, 6.45) is 2.67. The molecule has 1 fully saturated rings. The number of aliphatic imine (C=N–C) groups is 1. The van der Waals surface area contributed by atoms with Crippen LogP contribution in [0.3, 0.4) is 0 Å². The van der Waals surface area contributed by atoms with Crippen molar-refractivity contribution in [3.05, 3.63) is 0 Å². The van der Waals surface area contributed by atoms with Gasteiger partial charge in [-0.3, -0.25) is 4.79 Å². The normalized spacial score (nSPS) is 26.9. The van der Waals surface area contributed by atoms with Gasteiger partial charge >= 0.3 is 0 Å². The van der Waals surface area contributed by atoms with Crippen LogP contribution in [0, 0.1) is 17.2 Å². The molecule has 0 aromatic carbocycles. The average Bonchev–Trinajstić information content (AvgIpc) is 2.34. The van der Waals surface area contributed by atoms with E-state index in [4.69, 9.17) is 5.26 Å². The summed E-state index contributed by atoms with van der Waals surface area (Å²) in [7, 11) is 0. The van der Waals surface area contributed by atoms with Gasteiger partial charge in [0.05, 0.1) is 12.0 Å². The molecule has 0 saturated heterocycles. The number of nitrogens with zero attached hydrogens (tertiary/aromatic N) is 2. The molecule has 0 radical (unpaired) electrons. The van der Waals surface area contributed by atoms with Crippen LogP contribution in [-0.4, -0.2) is 11.6 Å². The van der Waals surface area contributed by atoms with Crippen LogP contribution in [0.5, 0.6) is 0 Å². The van der Waals surface area contributed by atoms with Crippen molar-refractivity contribution in [2.45, 2.75) is 26.2 Å². The molecule has 0 aromatic rings. The molecule has 3 nitrogen and oxygen atoms in total. The van der Waals surface area contributed by atoms with Gasteiger partial charge in [0.15, 0.2) is 0 Å². The molecule has 11 heavy (non-hydrogen) atoms. The maximum Gasteiger partial charge on any atom is 0.242 e. The Kier molecular flexibility index (Phi) is 2.37. The van der Waals surface area contributed by atoms with Crippen molar-refractivity contribution in [3.8, 4) is 6.07 Å². The number of hydrogen-bond donors (Lipinski definition) is 0. The smallest absolute Gasteiger partial charge is 0.242 e. The zero-order chi connectivity index (χ0) is 8.27.